The molecule has 0 aliphatic heterocycles. The molecule has 1 aromatic rings. The lowest BCUT2D eigenvalue weighted by atomic mass is 9.47. The van der Waals surface area contributed by atoms with Gasteiger partial charge in [0.2, 0.25) is 0 Å². The van der Waals surface area contributed by atoms with Crippen molar-refractivity contribution in [3.8, 4) is 0 Å². The fraction of sp³-hybridized carbons (Fsp3) is 0.581. The van der Waals surface area contributed by atoms with Crippen LogP contribution in [0.2, 0.25) is 0 Å². The molecule has 192 valence electrons. The minimum absolute atomic E-state index is 0.0410. The van der Waals surface area contributed by atoms with Crippen molar-refractivity contribution in [1.82, 2.24) is 5.32 Å². The van der Waals surface area contributed by atoms with Gasteiger partial charge in [-0.1, -0.05) is 62.8 Å². The van der Waals surface area contributed by atoms with Crippen LogP contribution >= 0.6 is 0 Å². The molecule has 36 heavy (non-hydrogen) atoms. The Morgan fingerprint density at radius 1 is 1.08 bits per heavy atom. The van der Waals surface area contributed by atoms with Crippen molar-refractivity contribution in [2.75, 3.05) is 0 Å². The molecule has 3 fully saturated rings. The summed E-state index contributed by atoms with van der Waals surface area (Å²) in [5, 5.41) is 2.98. The molecule has 3 saturated carbocycles. The summed E-state index contributed by atoms with van der Waals surface area (Å²) < 4.78 is 6.27. The number of alkyl carbamates (subject to hydrolysis) is 1. The maximum Gasteiger partial charge on any atom is 0.408 e. The number of hydrogen-bond acceptors (Lipinski definition) is 4. The number of ketones is 2. The lowest BCUT2D eigenvalue weighted by molar-refractivity contribution is -0.161. The molecule has 0 saturated heterocycles. The number of Topliss-reactive ketones (excluding diaryl/α,β-unsaturated/α-hetero) is 1. The quantitative estimate of drug-likeness (QED) is 0.512. The summed E-state index contributed by atoms with van der Waals surface area (Å²) in [6.45, 7) is 8.31. The molecule has 5 heteroatoms. The van der Waals surface area contributed by atoms with E-state index < -0.39 is 11.7 Å². The summed E-state index contributed by atoms with van der Waals surface area (Å²) >= 11 is 0. The molecule has 0 radical (unpaired) electrons. The zero-order valence-electron chi connectivity index (χ0n) is 22.0. The van der Waals surface area contributed by atoms with E-state index in [2.05, 4.69) is 25.2 Å². The highest BCUT2D eigenvalue weighted by atomic mass is 16.6. The topological polar surface area (TPSA) is 72.5 Å². The van der Waals surface area contributed by atoms with Crippen LogP contribution in [0.3, 0.4) is 0 Å². The van der Waals surface area contributed by atoms with E-state index in [9.17, 15) is 14.4 Å². The number of rotatable bonds is 5. The Balaban J connectivity index is 1.41. The van der Waals surface area contributed by atoms with Gasteiger partial charge in [0, 0.05) is 17.3 Å². The molecule has 0 spiro atoms. The van der Waals surface area contributed by atoms with Gasteiger partial charge in [-0.25, -0.2) is 4.79 Å². The molecule has 1 aromatic carbocycles. The van der Waals surface area contributed by atoms with E-state index in [4.69, 9.17) is 4.74 Å². The number of amides is 1. The van der Waals surface area contributed by atoms with Crippen molar-refractivity contribution in [2.24, 2.45) is 28.6 Å². The van der Waals surface area contributed by atoms with Gasteiger partial charge in [0.1, 0.15) is 0 Å². The van der Waals surface area contributed by atoms with E-state index in [1.165, 1.54) is 5.57 Å². The van der Waals surface area contributed by atoms with Gasteiger partial charge < -0.3 is 10.1 Å². The molecule has 4 aliphatic carbocycles. The zero-order chi connectivity index (χ0) is 25.7. The molecular weight excluding hydrogens is 450 g/mol. The summed E-state index contributed by atoms with van der Waals surface area (Å²) in [7, 11) is 0. The first-order valence-electron chi connectivity index (χ1n) is 13.7. The van der Waals surface area contributed by atoms with E-state index in [0.29, 0.717) is 30.6 Å². The third-order valence-electron chi connectivity index (χ3n) is 10.3. The van der Waals surface area contributed by atoms with Crippen LogP contribution in [0.1, 0.15) is 84.2 Å². The minimum atomic E-state index is -1.09. The third kappa shape index (κ3) is 3.69. The van der Waals surface area contributed by atoms with E-state index in [1.807, 2.05) is 50.3 Å². The van der Waals surface area contributed by atoms with Gasteiger partial charge in [-0.3, -0.25) is 9.59 Å². The van der Waals surface area contributed by atoms with Gasteiger partial charge in [0.05, 0.1) is 6.04 Å². The first-order chi connectivity index (χ1) is 17.1. The normalized spacial score (nSPS) is 37.7. The van der Waals surface area contributed by atoms with Crippen LogP contribution in [-0.4, -0.2) is 23.3 Å². The van der Waals surface area contributed by atoms with Gasteiger partial charge in [0.15, 0.2) is 17.2 Å². The average Bonchev–Trinajstić information content (AvgIpc) is 3.17. The van der Waals surface area contributed by atoms with E-state index in [1.54, 1.807) is 6.08 Å². The van der Waals surface area contributed by atoms with Gasteiger partial charge in [-0.15, -0.1) is 0 Å². The second kappa shape index (κ2) is 9.00. The lowest BCUT2D eigenvalue weighted by Crippen LogP contribution is -2.59. The summed E-state index contributed by atoms with van der Waals surface area (Å²) in [5.74, 6) is 1.35. The number of fused-ring (bicyclic) bond motifs is 5. The third-order valence-corrected chi connectivity index (χ3v) is 10.3. The number of carbonyl (C=O) groups excluding carboxylic acids is 3. The fourth-order valence-electron chi connectivity index (χ4n) is 8.35. The number of allylic oxidation sites excluding steroid dienone is 4. The van der Waals surface area contributed by atoms with Crippen LogP contribution in [0.25, 0.3) is 0 Å². The molecule has 0 aromatic heterocycles. The maximum atomic E-state index is 13.6. The maximum absolute atomic E-state index is 13.6. The van der Waals surface area contributed by atoms with Crippen LogP contribution in [0.5, 0.6) is 0 Å². The number of nitrogens with one attached hydrogen (secondary N) is 1. The second-order valence-electron chi connectivity index (χ2n) is 11.9. The number of ether oxygens (including phenoxy) is 1. The molecule has 1 amide bonds. The molecule has 4 aliphatic rings. The Kier molecular flexibility index (Phi) is 6.25. The Bertz CT molecular complexity index is 1120. The van der Waals surface area contributed by atoms with Crippen LogP contribution in [0.15, 0.2) is 54.1 Å². The van der Waals surface area contributed by atoms with E-state index >= 15 is 0 Å². The Morgan fingerprint density at radius 2 is 1.81 bits per heavy atom. The van der Waals surface area contributed by atoms with Gasteiger partial charge in [0.25, 0.3) is 0 Å². The molecule has 5 nitrogen and oxygen atoms in total. The van der Waals surface area contributed by atoms with Gasteiger partial charge in [-0.2, -0.15) is 0 Å². The first kappa shape index (κ1) is 25.0. The average molecular weight is 490 g/mol. The van der Waals surface area contributed by atoms with E-state index in [0.717, 1.165) is 37.7 Å². The molecule has 0 unspecified atom stereocenters. The predicted molar refractivity (Wildman–Crippen MR) is 139 cm³/mol. The molecular formula is C31H39NO4. The Morgan fingerprint density at radius 3 is 2.53 bits per heavy atom. The second-order valence-corrected chi connectivity index (χ2v) is 11.9. The van der Waals surface area contributed by atoms with Crippen LogP contribution in [0, 0.1) is 28.6 Å². The van der Waals surface area contributed by atoms with E-state index in [-0.39, 0.29) is 28.4 Å². The number of hydrogen-bond donors (Lipinski definition) is 1. The van der Waals surface area contributed by atoms with Crippen molar-refractivity contribution < 1.29 is 19.1 Å². The standard InChI is InChI=1S/C31H39NO4/c1-5-27(34)31(36-28(35)32-20(2)21-9-7-6-8-10-21)18-15-26-24-12-11-22-19-23(33)13-16-29(22,3)25(24)14-17-30(26,31)4/h6-10,13,16,19-20,24-26H,5,11-12,14-15,17-18H2,1-4H3,(H,32,35)/t20-,24+,25-,26-,29-,30-,31-/m0/s1. The minimum Gasteiger partial charge on any atom is -0.434 e. The van der Waals surface area contributed by atoms with Gasteiger partial charge >= 0.3 is 6.09 Å². The van der Waals surface area contributed by atoms with Crippen molar-refractivity contribution in [3.63, 3.8) is 0 Å². The smallest absolute Gasteiger partial charge is 0.408 e. The van der Waals surface area contributed by atoms with Crippen LogP contribution in [-0.2, 0) is 14.3 Å². The van der Waals surface area contributed by atoms with Gasteiger partial charge in [-0.05, 0) is 80.9 Å². The number of carbonyl (C=O) groups is 3. The molecule has 1 N–H and O–H groups in total. The SMILES string of the molecule is CCC(=O)[C@@]1(OC(=O)N[C@@H](C)c2ccccc2)CC[C@H]2[C@@H]3CCC4=CC(=O)C=C[C@]4(C)[C@H]3CC[C@@]21C. The predicted octanol–water partition coefficient (Wildman–Crippen LogP) is 6.50. The number of benzene rings is 1. The largest absolute Gasteiger partial charge is 0.434 e. The molecule has 7 atom stereocenters. The van der Waals surface area contributed by atoms with Crippen molar-refractivity contribution in [3.05, 3.63) is 59.7 Å². The lowest BCUT2D eigenvalue weighted by Gasteiger charge is -2.58. The fourth-order valence-corrected chi connectivity index (χ4v) is 8.35. The highest BCUT2D eigenvalue weighted by Crippen LogP contribution is 2.68. The summed E-state index contributed by atoms with van der Waals surface area (Å²) in [4.78, 5) is 38.9. The van der Waals surface area contributed by atoms with Crippen molar-refractivity contribution >= 4 is 17.7 Å². The van der Waals surface area contributed by atoms with Crippen molar-refractivity contribution in [1.29, 1.82) is 0 Å². The zero-order valence-corrected chi connectivity index (χ0v) is 22.0. The van der Waals surface area contributed by atoms with Crippen LogP contribution < -0.4 is 5.32 Å². The molecule has 0 bridgehead atoms. The first-order valence-corrected chi connectivity index (χ1v) is 13.7. The summed E-state index contributed by atoms with van der Waals surface area (Å²) in [6.07, 6.45) is 10.8. The Labute approximate surface area is 214 Å². The van der Waals surface area contributed by atoms with Crippen molar-refractivity contribution in [2.45, 2.75) is 84.3 Å². The van der Waals surface area contributed by atoms with Crippen LogP contribution in [0.4, 0.5) is 4.79 Å². The molecule has 5 rings (SSSR count). The monoisotopic (exact) mass is 489 g/mol. The highest BCUT2D eigenvalue weighted by Gasteiger charge is 2.68. The Hall–Kier alpha value is -2.69. The highest BCUT2D eigenvalue weighted by molar-refractivity contribution is 6.01. The summed E-state index contributed by atoms with van der Waals surface area (Å²) in [5.41, 5.74) is 0.689. The summed E-state index contributed by atoms with van der Waals surface area (Å²) in [6, 6.07) is 9.59. The molecule has 0 heterocycles.